The van der Waals surface area contributed by atoms with Crippen LogP contribution in [0, 0.1) is 5.92 Å². The summed E-state index contributed by atoms with van der Waals surface area (Å²) in [5.74, 6) is 0.881. The zero-order chi connectivity index (χ0) is 23.3. The summed E-state index contributed by atoms with van der Waals surface area (Å²) >= 11 is 0. The Morgan fingerprint density at radius 2 is 1.76 bits per heavy atom. The van der Waals surface area contributed by atoms with Crippen molar-refractivity contribution in [1.29, 1.82) is 0 Å². The molecule has 0 spiro atoms. The van der Waals surface area contributed by atoms with Gasteiger partial charge in [-0.25, -0.2) is 9.78 Å². The molecule has 3 aromatic rings. The molecule has 2 aliphatic heterocycles. The number of imidazole rings is 1. The average Bonchev–Trinajstić information content (AvgIpc) is 3.36. The van der Waals surface area contributed by atoms with E-state index in [1.807, 2.05) is 46.0 Å². The standard InChI is InChI=1S/C26H31N5O3/c32-25(22-8-15-34-16-9-22)31-12-6-21(7-13-31)20-1-3-23(4-2-20)29-26(33)28-18-19-5-11-30-14-10-27-24(30)17-19/h1-5,10-11,14,17,21-22H,6-9,12-13,15-16,18H2,(H2,28,29,33). The summed E-state index contributed by atoms with van der Waals surface area (Å²) in [5, 5.41) is 5.79. The highest BCUT2D eigenvalue weighted by Crippen LogP contribution is 2.30. The number of nitrogens with zero attached hydrogens (tertiary/aromatic N) is 3. The molecule has 0 unspecified atom stereocenters. The van der Waals surface area contributed by atoms with Crippen LogP contribution >= 0.6 is 0 Å². The van der Waals surface area contributed by atoms with Crippen LogP contribution in [-0.4, -0.2) is 52.5 Å². The number of hydrogen-bond donors (Lipinski definition) is 2. The van der Waals surface area contributed by atoms with E-state index in [0.29, 0.717) is 31.6 Å². The molecule has 2 fully saturated rings. The van der Waals surface area contributed by atoms with E-state index in [0.717, 1.165) is 55.7 Å². The van der Waals surface area contributed by atoms with Crippen LogP contribution in [0.1, 0.15) is 42.7 Å². The van der Waals surface area contributed by atoms with Crippen LogP contribution in [0.4, 0.5) is 10.5 Å². The molecule has 0 bridgehead atoms. The van der Waals surface area contributed by atoms with Gasteiger partial charge in [0.25, 0.3) is 0 Å². The SMILES string of the molecule is O=C(NCc1ccn2ccnc2c1)Nc1ccc(C2CCN(C(=O)C3CCOCC3)CC2)cc1. The van der Waals surface area contributed by atoms with Crippen molar-refractivity contribution in [1.82, 2.24) is 19.6 Å². The van der Waals surface area contributed by atoms with Crippen molar-refractivity contribution in [2.75, 3.05) is 31.6 Å². The van der Waals surface area contributed by atoms with Crippen molar-refractivity contribution in [3.05, 3.63) is 66.1 Å². The largest absolute Gasteiger partial charge is 0.381 e. The van der Waals surface area contributed by atoms with Crippen LogP contribution in [0.5, 0.6) is 0 Å². The first-order chi connectivity index (χ1) is 16.7. The fourth-order valence-corrected chi connectivity index (χ4v) is 4.89. The third-order valence-electron chi connectivity index (χ3n) is 6.93. The van der Waals surface area contributed by atoms with Gasteiger partial charge in [0.2, 0.25) is 5.91 Å². The van der Waals surface area contributed by atoms with E-state index in [1.165, 1.54) is 5.56 Å². The highest BCUT2D eigenvalue weighted by molar-refractivity contribution is 5.89. The fraction of sp³-hybridized carbons (Fsp3) is 0.423. The number of anilines is 1. The molecule has 8 heteroatoms. The summed E-state index contributed by atoms with van der Waals surface area (Å²) in [6, 6.07) is 11.8. The highest BCUT2D eigenvalue weighted by atomic mass is 16.5. The summed E-state index contributed by atoms with van der Waals surface area (Å²) in [7, 11) is 0. The molecule has 5 rings (SSSR count). The van der Waals surface area contributed by atoms with Crippen LogP contribution in [-0.2, 0) is 16.1 Å². The minimum absolute atomic E-state index is 0.135. The van der Waals surface area contributed by atoms with Gasteiger partial charge in [0, 0.05) is 63.0 Å². The maximum absolute atomic E-state index is 12.8. The van der Waals surface area contributed by atoms with Gasteiger partial charge in [-0.1, -0.05) is 12.1 Å². The molecule has 2 aliphatic rings. The monoisotopic (exact) mass is 461 g/mol. The Bertz CT molecular complexity index is 1130. The van der Waals surface area contributed by atoms with Gasteiger partial charge >= 0.3 is 6.03 Å². The molecule has 2 aromatic heterocycles. The molecule has 3 amide bonds. The number of rotatable bonds is 5. The quantitative estimate of drug-likeness (QED) is 0.605. The van der Waals surface area contributed by atoms with E-state index >= 15 is 0 Å². The first-order valence-electron chi connectivity index (χ1n) is 12.1. The Hall–Kier alpha value is -3.39. The summed E-state index contributed by atoms with van der Waals surface area (Å²) < 4.78 is 7.32. The molecule has 8 nitrogen and oxygen atoms in total. The van der Waals surface area contributed by atoms with Crippen molar-refractivity contribution in [3.63, 3.8) is 0 Å². The lowest BCUT2D eigenvalue weighted by atomic mass is 9.88. The van der Waals surface area contributed by atoms with Crippen molar-refractivity contribution in [2.45, 2.75) is 38.1 Å². The van der Waals surface area contributed by atoms with E-state index in [9.17, 15) is 9.59 Å². The highest BCUT2D eigenvalue weighted by Gasteiger charge is 2.29. The zero-order valence-corrected chi connectivity index (χ0v) is 19.3. The van der Waals surface area contributed by atoms with Crippen LogP contribution in [0.2, 0.25) is 0 Å². The Kier molecular flexibility index (Phi) is 6.76. The lowest BCUT2D eigenvalue weighted by molar-refractivity contribution is -0.139. The van der Waals surface area contributed by atoms with Gasteiger partial charge in [-0.2, -0.15) is 0 Å². The van der Waals surface area contributed by atoms with E-state index in [4.69, 9.17) is 4.74 Å². The minimum Gasteiger partial charge on any atom is -0.381 e. The van der Waals surface area contributed by atoms with E-state index < -0.39 is 0 Å². The molecule has 2 N–H and O–H groups in total. The number of aromatic nitrogens is 2. The average molecular weight is 462 g/mol. The number of likely N-dealkylation sites (tertiary alicyclic amines) is 1. The van der Waals surface area contributed by atoms with Crippen LogP contribution in [0.3, 0.4) is 0 Å². The zero-order valence-electron chi connectivity index (χ0n) is 19.3. The van der Waals surface area contributed by atoms with Crippen molar-refractivity contribution in [3.8, 4) is 0 Å². The maximum Gasteiger partial charge on any atom is 0.319 e. The van der Waals surface area contributed by atoms with Crippen molar-refractivity contribution in [2.24, 2.45) is 5.92 Å². The number of carbonyl (C=O) groups excluding carboxylic acids is 2. The van der Waals surface area contributed by atoms with Crippen LogP contribution in [0.25, 0.3) is 5.65 Å². The summed E-state index contributed by atoms with van der Waals surface area (Å²) in [6.07, 6.45) is 9.21. The Morgan fingerprint density at radius 1 is 1.00 bits per heavy atom. The number of benzene rings is 1. The minimum atomic E-state index is -0.240. The van der Waals surface area contributed by atoms with Gasteiger partial charge in [-0.3, -0.25) is 4.79 Å². The smallest absolute Gasteiger partial charge is 0.319 e. The molecule has 0 radical (unpaired) electrons. The Balaban J connectivity index is 1.08. The summed E-state index contributed by atoms with van der Waals surface area (Å²) in [6.45, 7) is 3.46. The molecule has 0 aliphatic carbocycles. The van der Waals surface area contributed by atoms with Gasteiger partial charge in [0.15, 0.2) is 0 Å². The van der Waals surface area contributed by atoms with Crippen LogP contribution in [0.15, 0.2) is 55.0 Å². The normalized spacial score (nSPS) is 17.6. The van der Waals surface area contributed by atoms with Gasteiger partial charge in [-0.15, -0.1) is 0 Å². The van der Waals surface area contributed by atoms with Crippen molar-refractivity contribution >= 4 is 23.3 Å². The Morgan fingerprint density at radius 3 is 2.53 bits per heavy atom. The van der Waals surface area contributed by atoms with Gasteiger partial charge in [-0.05, 0) is 67.0 Å². The number of amides is 3. The maximum atomic E-state index is 12.8. The van der Waals surface area contributed by atoms with E-state index in [1.54, 1.807) is 6.20 Å². The molecule has 34 heavy (non-hydrogen) atoms. The lowest BCUT2D eigenvalue weighted by Crippen LogP contribution is -2.42. The summed E-state index contributed by atoms with van der Waals surface area (Å²) in [4.78, 5) is 31.4. The number of carbonyl (C=O) groups is 2. The third-order valence-corrected chi connectivity index (χ3v) is 6.93. The van der Waals surface area contributed by atoms with E-state index in [2.05, 4.69) is 27.8 Å². The molecule has 1 aromatic carbocycles. The number of fused-ring (bicyclic) bond motifs is 1. The predicted octanol–water partition coefficient (Wildman–Crippen LogP) is 3.79. The molecule has 0 atom stereocenters. The summed E-state index contributed by atoms with van der Waals surface area (Å²) in [5.41, 5.74) is 3.87. The number of ether oxygens (including phenoxy) is 1. The second-order valence-electron chi connectivity index (χ2n) is 9.14. The molecule has 178 valence electrons. The second-order valence-corrected chi connectivity index (χ2v) is 9.14. The number of nitrogens with one attached hydrogen (secondary N) is 2. The topological polar surface area (TPSA) is 88.0 Å². The predicted molar refractivity (Wildman–Crippen MR) is 130 cm³/mol. The number of hydrogen-bond acceptors (Lipinski definition) is 4. The van der Waals surface area contributed by atoms with Gasteiger partial charge in [0.1, 0.15) is 5.65 Å². The first kappa shape index (κ1) is 22.4. The van der Waals surface area contributed by atoms with Crippen LogP contribution < -0.4 is 10.6 Å². The molecule has 0 saturated carbocycles. The molecule has 4 heterocycles. The van der Waals surface area contributed by atoms with Gasteiger partial charge in [0.05, 0.1) is 0 Å². The molecule has 2 saturated heterocycles. The first-order valence-corrected chi connectivity index (χ1v) is 12.1. The number of urea groups is 1. The lowest BCUT2D eigenvalue weighted by Gasteiger charge is -2.35. The molecular weight excluding hydrogens is 430 g/mol. The Labute approximate surface area is 199 Å². The number of piperidine rings is 1. The van der Waals surface area contributed by atoms with Crippen molar-refractivity contribution < 1.29 is 14.3 Å². The molecular formula is C26H31N5O3. The second kappa shape index (κ2) is 10.3. The fourth-order valence-electron chi connectivity index (χ4n) is 4.89. The van der Waals surface area contributed by atoms with Gasteiger partial charge < -0.3 is 24.7 Å². The van der Waals surface area contributed by atoms with E-state index in [-0.39, 0.29) is 11.9 Å². The third kappa shape index (κ3) is 5.22. The number of pyridine rings is 1.